The molecule has 3 aliphatic rings. The summed E-state index contributed by atoms with van der Waals surface area (Å²) in [5.41, 5.74) is 3.21. The van der Waals surface area contributed by atoms with Gasteiger partial charge in [-0.25, -0.2) is 8.78 Å². The Morgan fingerprint density at radius 2 is 1.24 bits per heavy atom. The van der Waals surface area contributed by atoms with Crippen molar-refractivity contribution >= 4 is 21.7 Å². The smallest absolute Gasteiger partial charge is 0.311 e. The minimum Gasteiger partial charge on any atom is -0.394 e. The van der Waals surface area contributed by atoms with E-state index in [0.29, 0.717) is 23.2 Å². The molecule has 13 atom stereocenters. The van der Waals surface area contributed by atoms with Gasteiger partial charge in [-0.1, -0.05) is 48.5 Å². The highest BCUT2D eigenvalue weighted by atomic mass is 32.2. The lowest BCUT2D eigenvalue weighted by Gasteiger charge is -2.48. The second-order valence-corrected chi connectivity index (χ2v) is 17.1. The van der Waals surface area contributed by atoms with Crippen LogP contribution in [0.15, 0.2) is 97.1 Å². The van der Waals surface area contributed by atoms with Gasteiger partial charge in [0.25, 0.3) is 0 Å². The maximum Gasteiger partial charge on any atom is 0.311 e. The summed E-state index contributed by atoms with van der Waals surface area (Å²) >= 11 is 0. The summed E-state index contributed by atoms with van der Waals surface area (Å²) < 4.78 is 75.2. The van der Waals surface area contributed by atoms with Crippen molar-refractivity contribution in [2.45, 2.75) is 86.2 Å². The van der Waals surface area contributed by atoms with E-state index in [1.165, 1.54) is 60.7 Å². The molecule has 3 saturated heterocycles. The Labute approximate surface area is 354 Å². The van der Waals surface area contributed by atoms with E-state index in [2.05, 4.69) is 0 Å². The molecular formula is C43H47F2NO15S. The lowest BCUT2D eigenvalue weighted by atomic mass is 9.78. The van der Waals surface area contributed by atoms with Gasteiger partial charge in [0.15, 0.2) is 6.29 Å². The summed E-state index contributed by atoms with van der Waals surface area (Å²) in [6.07, 6.45) is -17.4. The number of hydrogen-bond donors (Lipinski definition) is 8. The summed E-state index contributed by atoms with van der Waals surface area (Å²) in [4.78, 5) is 15.1. The van der Waals surface area contributed by atoms with Gasteiger partial charge in [-0.2, -0.15) is 8.42 Å². The molecule has 0 spiro atoms. The van der Waals surface area contributed by atoms with Crippen molar-refractivity contribution < 1.29 is 81.2 Å². The van der Waals surface area contributed by atoms with E-state index in [1.54, 1.807) is 17.0 Å². The normalized spacial score (nSPS) is 30.7. The Morgan fingerprint density at radius 1 is 0.677 bits per heavy atom. The number of β-lactam (4-membered cyclic amide) rings is 1. The van der Waals surface area contributed by atoms with Gasteiger partial charge in [-0.3, -0.25) is 4.79 Å². The van der Waals surface area contributed by atoms with Gasteiger partial charge in [-0.05, 0) is 83.6 Å². The SMILES string of the molecule is O=C1[C@H](CC[C@H](O)c2ccc(F)cc2)[C@@H](c2ccc(-c3ccc(OS(=O)(=O)C[C@@H]4O[C@H](CO)C(O[C@@H]5O[C@H](CO)[C@@H](O)[C@H](O)[C@H]5O)[C@H](O)[C@H]4O)cc3)cc2)N1c1ccc(F)cc1. The van der Waals surface area contributed by atoms with Gasteiger partial charge >= 0.3 is 10.1 Å². The molecule has 0 bridgehead atoms. The Morgan fingerprint density at radius 3 is 1.84 bits per heavy atom. The predicted octanol–water partition coefficient (Wildman–Crippen LogP) is 1.22. The predicted molar refractivity (Wildman–Crippen MR) is 213 cm³/mol. The number of ether oxygens (including phenoxy) is 3. The van der Waals surface area contributed by atoms with Gasteiger partial charge in [-0.15, -0.1) is 0 Å². The Hall–Kier alpha value is -4.48. The largest absolute Gasteiger partial charge is 0.394 e. The first kappa shape index (κ1) is 45.5. The average Bonchev–Trinajstić information content (AvgIpc) is 3.26. The number of hydrogen-bond acceptors (Lipinski definition) is 15. The van der Waals surface area contributed by atoms with Gasteiger partial charge < -0.3 is 64.1 Å². The van der Waals surface area contributed by atoms with Gasteiger partial charge in [0, 0.05) is 5.69 Å². The lowest BCUT2D eigenvalue weighted by molar-refractivity contribution is -0.341. The third kappa shape index (κ3) is 9.69. The molecule has 16 nitrogen and oxygen atoms in total. The van der Waals surface area contributed by atoms with Gasteiger partial charge in [0.05, 0.1) is 31.3 Å². The average molecular weight is 888 g/mol. The molecule has 8 N–H and O–H groups in total. The van der Waals surface area contributed by atoms with Crippen molar-refractivity contribution in [3.05, 3.63) is 120 Å². The second-order valence-electron chi connectivity index (χ2n) is 15.5. The van der Waals surface area contributed by atoms with Crippen LogP contribution in [0.4, 0.5) is 14.5 Å². The van der Waals surface area contributed by atoms with Crippen molar-refractivity contribution in [1.82, 2.24) is 0 Å². The number of anilines is 1. The summed E-state index contributed by atoms with van der Waals surface area (Å²) in [5.74, 6) is -2.65. The highest BCUT2D eigenvalue weighted by molar-refractivity contribution is 7.87. The third-order valence-corrected chi connectivity index (χ3v) is 12.6. The number of halogens is 2. The molecule has 1 amide bonds. The van der Waals surface area contributed by atoms with Crippen LogP contribution in [0.1, 0.15) is 36.1 Å². The minimum absolute atomic E-state index is 0.0904. The van der Waals surface area contributed by atoms with E-state index in [0.717, 1.165) is 11.1 Å². The molecule has 4 aromatic rings. The van der Waals surface area contributed by atoms with E-state index in [9.17, 15) is 62.8 Å². The number of carbonyl (C=O) groups is 1. The van der Waals surface area contributed by atoms with Crippen molar-refractivity contribution in [2.24, 2.45) is 5.92 Å². The number of carbonyl (C=O) groups excluding carboxylic acids is 1. The maximum absolute atomic E-state index is 13.8. The molecule has 19 heteroatoms. The van der Waals surface area contributed by atoms with Crippen molar-refractivity contribution in [3.63, 3.8) is 0 Å². The first-order chi connectivity index (χ1) is 29.6. The molecule has 1 unspecified atom stereocenters. The van der Waals surface area contributed by atoms with Crippen molar-refractivity contribution in [1.29, 1.82) is 0 Å². The van der Waals surface area contributed by atoms with Crippen molar-refractivity contribution in [2.75, 3.05) is 23.9 Å². The molecule has 3 aliphatic heterocycles. The van der Waals surface area contributed by atoms with Crippen LogP contribution in [-0.4, -0.2) is 135 Å². The zero-order valence-electron chi connectivity index (χ0n) is 32.8. The molecule has 7 rings (SSSR count). The van der Waals surface area contributed by atoms with E-state index in [1.807, 2.05) is 24.3 Å². The molecular weight excluding hydrogens is 841 g/mol. The highest BCUT2D eigenvalue weighted by Crippen LogP contribution is 2.47. The van der Waals surface area contributed by atoms with Crippen LogP contribution in [0.3, 0.4) is 0 Å². The number of rotatable bonds is 15. The van der Waals surface area contributed by atoms with E-state index < -0.39 is 120 Å². The van der Waals surface area contributed by atoms with E-state index >= 15 is 0 Å². The zero-order valence-corrected chi connectivity index (χ0v) is 33.6. The molecule has 3 fully saturated rings. The Balaban J connectivity index is 0.990. The van der Waals surface area contributed by atoms with Crippen molar-refractivity contribution in [3.8, 4) is 16.9 Å². The molecule has 62 heavy (non-hydrogen) atoms. The first-order valence-corrected chi connectivity index (χ1v) is 21.4. The molecule has 3 heterocycles. The number of aliphatic hydroxyl groups excluding tert-OH is 8. The molecule has 0 aliphatic carbocycles. The monoisotopic (exact) mass is 887 g/mol. The maximum atomic E-state index is 13.8. The number of amides is 1. The summed E-state index contributed by atoms with van der Waals surface area (Å²) in [6, 6.07) is 23.9. The molecule has 0 saturated carbocycles. The number of benzene rings is 4. The van der Waals surface area contributed by atoms with E-state index in [-0.39, 0.29) is 18.1 Å². The van der Waals surface area contributed by atoms with Crippen LogP contribution >= 0.6 is 0 Å². The van der Waals surface area contributed by atoms with Crippen LogP contribution < -0.4 is 9.08 Å². The first-order valence-electron chi connectivity index (χ1n) is 19.8. The van der Waals surface area contributed by atoms with Gasteiger partial charge in [0.2, 0.25) is 5.91 Å². The third-order valence-electron chi connectivity index (χ3n) is 11.5. The van der Waals surface area contributed by atoms with E-state index in [4.69, 9.17) is 18.4 Å². The Bertz CT molecular complexity index is 2230. The van der Waals surface area contributed by atoms with Gasteiger partial charge in [0.1, 0.15) is 78.1 Å². The summed E-state index contributed by atoms with van der Waals surface area (Å²) in [5, 5.41) is 82.4. The molecule has 0 aromatic heterocycles. The highest BCUT2D eigenvalue weighted by Gasteiger charge is 2.52. The fourth-order valence-corrected chi connectivity index (χ4v) is 9.20. The minimum atomic E-state index is -4.51. The standard InChI is InChI=1S/C43H47F2NO15S/c44-26-9-5-24(6-10-26)31(49)18-17-30-35(46(42(30)55)28-13-11-27(45)12-14-28)25-3-1-22(2-4-25)23-7-15-29(16-8-23)61-62(56,57)21-34-37(51)39(53)41(33(20-48)58-34)60-43-40(54)38(52)36(50)32(19-47)59-43/h1-16,30-41,43,47-54H,17-21H2/t30-,31+,32-,33-,34+,35-,36-,37+,38+,39-,40-,41?,43+/m1/s1. The number of nitrogens with zero attached hydrogens (tertiary/aromatic N) is 1. The van der Waals surface area contributed by atoms with Crippen LogP contribution in [0.2, 0.25) is 0 Å². The van der Waals surface area contributed by atoms with Crippen LogP contribution in [-0.2, 0) is 29.1 Å². The topological polar surface area (TPSA) is 253 Å². The zero-order chi connectivity index (χ0) is 44.5. The lowest BCUT2D eigenvalue weighted by Crippen LogP contribution is -2.65. The fraction of sp³-hybridized carbons (Fsp3) is 0.419. The van der Waals surface area contributed by atoms with Crippen LogP contribution in [0, 0.1) is 17.6 Å². The quantitative estimate of drug-likeness (QED) is 0.0618. The molecule has 4 aromatic carbocycles. The fourth-order valence-electron chi connectivity index (χ4n) is 8.05. The molecule has 334 valence electrons. The summed E-state index contributed by atoms with van der Waals surface area (Å²) in [6.45, 7) is -1.61. The Kier molecular flexibility index (Phi) is 14.0. The summed E-state index contributed by atoms with van der Waals surface area (Å²) in [7, 11) is -4.51. The second kappa shape index (κ2) is 19.1. The molecule has 0 radical (unpaired) electrons. The van der Waals surface area contributed by atoms with Crippen LogP contribution in [0.5, 0.6) is 5.75 Å². The number of aliphatic hydroxyl groups is 8. The van der Waals surface area contributed by atoms with Crippen LogP contribution in [0.25, 0.3) is 11.1 Å².